The van der Waals surface area contributed by atoms with Gasteiger partial charge in [-0.3, -0.25) is 4.79 Å². The van der Waals surface area contributed by atoms with Crippen molar-refractivity contribution >= 4 is 23.6 Å². The van der Waals surface area contributed by atoms with Gasteiger partial charge in [-0.05, 0) is 29.8 Å². The Bertz CT molecular complexity index is 771. The number of esters is 1. The standard InChI is InChI=1S/C18H14F3NO3/c19-18(20,21)14-7-4-8-15(11-14)22-16(23)12-25-17(24)10-9-13-5-2-1-3-6-13/h1-11H,12H2,(H,22,23). The monoisotopic (exact) mass is 349 g/mol. The van der Waals surface area contributed by atoms with Gasteiger partial charge in [0.25, 0.3) is 5.91 Å². The summed E-state index contributed by atoms with van der Waals surface area (Å²) in [5.74, 6) is -1.47. The van der Waals surface area contributed by atoms with Crippen molar-refractivity contribution in [2.45, 2.75) is 6.18 Å². The maximum atomic E-state index is 12.6. The number of hydrogen-bond donors (Lipinski definition) is 1. The number of rotatable bonds is 5. The lowest BCUT2D eigenvalue weighted by molar-refractivity contribution is -0.142. The van der Waals surface area contributed by atoms with Crippen molar-refractivity contribution in [3.8, 4) is 0 Å². The molecule has 0 aliphatic heterocycles. The van der Waals surface area contributed by atoms with Gasteiger partial charge >= 0.3 is 12.1 Å². The number of anilines is 1. The van der Waals surface area contributed by atoms with Gasteiger partial charge in [0.1, 0.15) is 0 Å². The number of benzene rings is 2. The largest absolute Gasteiger partial charge is 0.452 e. The summed E-state index contributed by atoms with van der Waals surface area (Å²) in [7, 11) is 0. The van der Waals surface area contributed by atoms with Crippen molar-refractivity contribution in [1.82, 2.24) is 0 Å². The first-order valence-corrected chi connectivity index (χ1v) is 7.21. The third-order valence-corrected chi connectivity index (χ3v) is 3.03. The molecular weight excluding hydrogens is 335 g/mol. The zero-order valence-electron chi connectivity index (χ0n) is 12.9. The zero-order valence-corrected chi connectivity index (χ0v) is 12.9. The fourth-order valence-corrected chi connectivity index (χ4v) is 1.88. The van der Waals surface area contributed by atoms with Gasteiger partial charge in [-0.25, -0.2) is 4.79 Å². The van der Waals surface area contributed by atoms with Crippen molar-refractivity contribution in [1.29, 1.82) is 0 Å². The van der Waals surface area contributed by atoms with Gasteiger partial charge in [-0.2, -0.15) is 13.2 Å². The topological polar surface area (TPSA) is 55.4 Å². The van der Waals surface area contributed by atoms with E-state index in [0.717, 1.165) is 23.8 Å². The first kappa shape index (κ1) is 18.3. The van der Waals surface area contributed by atoms with Crippen LogP contribution in [0, 0.1) is 0 Å². The molecule has 130 valence electrons. The number of halogens is 3. The van der Waals surface area contributed by atoms with E-state index in [0.29, 0.717) is 0 Å². The van der Waals surface area contributed by atoms with Crippen LogP contribution in [0.2, 0.25) is 0 Å². The van der Waals surface area contributed by atoms with Gasteiger partial charge in [0.05, 0.1) is 5.56 Å². The van der Waals surface area contributed by atoms with Crippen molar-refractivity contribution < 1.29 is 27.5 Å². The Hall–Kier alpha value is -3.09. The molecule has 0 atom stereocenters. The summed E-state index contributed by atoms with van der Waals surface area (Å²) in [6.07, 6.45) is -1.82. The molecule has 0 heterocycles. The molecule has 1 N–H and O–H groups in total. The minimum Gasteiger partial charge on any atom is -0.452 e. The number of carbonyl (C=O) groups excluding carboxylic acids is 2. The second kappa shape index (κ2) is 8.14. The van der Waals surface area contributed by atoms with Crippen molar-refractivity contribution in [2.24, 2.45) is 0 Å². The molecule has 0 spiro atoms. The van der Waals surface area contributed by atoms with Crippen LogP contribution in [0.5, 0.6) is 0 Å². The lowest BCUT2D eigenvalue weighted by Crippen LogP contribution is -2.20. The summed E-state index contributed by atoms with van der Waals surface area (Å²) in [6, 6.07) is 13.2. The molecule has 0 aliphatic rings. The van der Waals surface area contributed by atoms with E-state index in [1.165, 1.54) is 18.2 Å². The quantitative estimate of drug-likeness (QED) is 0.658. The van der Waals surface area contributed by atoms with E-state index in [-0.39, 0.29) is 5.69 Å². The van der Waals surface area contributed by atoms with Crippen LogP contribution in [0.25, 0.3) is 6.08 Å². The highest BCUT2D eigenvalue weighted by Gasteiger charge is 2.30. The maximum Gasteiger partial charge on any atom is 0.416 e. The average molecular weight is 349 g/mol. The third-order valence-electron chi connectivity index (χ3n) is 3.03. The number of ether oxygens (including phenoxy) is 1. The van der Waals surface area contributed by atoms with Gasteiger partial charge in [-0.1, -0.05) is 36.4 Å². The van der Waals surface area contributed by atoms with E-state index in [1.807, 2.05) is 6.07 Å². The van der Waals surface area contributed by atoms with Gasteiger partial charge in [0.2, 0.25) is 0 Å². The van der Waals surface area contributed by atoms with Crippen LogP contribution >= 0.6 is 0 Å². The molecule has 2 aromatic rings. The zero-order chi connectivity index (χ0) is 18.3. The summed E-state index contributed by atoms with van der Waals surface area (Å²) in [4.78, 5) is 23.2. The van der Waals surface area contributed by atoms with E-state index in [1.54, 1.807) is 24.3 Å². The van der Waals surface area contributed by atoms with Crippen LogP contribution in [-0.2, 0) is 20.5 Å². The Morgan fingerprint density at radius 3 is 2.44 bits per heavy atom. The highest BCUT2D eigenvalue weighted by atomic mass is 19.4. The lowest BCUT2D eigenvalue weighted by atomic mass is 10.2. The van der Waals surface area contributed by atoms with Crippen LogP contribution in [0.1, 0.15) is 11.1 Å². The Labute approximate surface area is 141 Å². The summed E-state index contributed by atoms with van der Waals surface area (Å²) < 4.78 is 42.5. The normalized spacial score (nSPS) is 11.3. The molecule has 2 rings (SSSR count). The molecule has 4 nitrogen and oxygen atoms in total. The Morgan fingerprint density at radius 2 is 1.76 bits per heavy atom. The minimum atomic E-state index is -4.50. The molecule has 25 heavy (non-hydrogen) atoms. The van der Waals surface area contributed by atoms with Gasteiger partial charge in [0, 0.05) is 11.8 Å². The van der Waals surface area contributed by atoms with E-state index < -0.39 is 30.2 Å². The number of amides is 1. The molecule has 0 saturated heterocycles. The fourth-order valence-electron chi connectivity index (χ4n) is 1.88. The minimum absolute atomic E-state index is 0.0318. The number of carbonyl (C=O) groups is 2. The molecule has 0 unspecified atom stereocenters. The molecule has 7 heteroatoms. The predicted octanol–water partition coefficient (Wildman–Crippen LogP) is 3.90. The summed E-state index contributed by atoms with van der Waals surface area (Å²) in [5, 5.41) is 2.24. The number of hydrogen-bond acceptors (Lipinski definition) is 3. The molecule has 1 amide bonds. The van der Waals surface area contributed by atoms with Crippen LogP contribution in [0.15, 0.2) is 60.7 Å². The van der Waals surface area contributed by atoms with Crippen LogP contribution in [0.3, 0.4) is 0 Å². The van der Waals surface area contributed by atoms with Crippen molar-refractivity contribution in [2.75, 3.05) is 11.9 Å². The highest BCUT2D eigenvalue weighted by molar-refractivity contribution is 5.94. The van der Waals surface area contributed by atoms with Crippen LogP contribution < -0.4 is 5.32 Å². The Morgan fingerprint density at radius 1 is 1.04 bits per heavy atom. The molecule has 0 aromatic heterocycles. The second-order valence-corrected chi connectivity index (χ2v) is 4.98. The first-order valence-electron chi connectivity index (χ1n) is 7.21. The third kappa shape index (κ3) is 6.14. The summed E-state index contributed by atoms with van der Waals surface area (Å²) >= 11 is 0. The smallest absolute Gasteiger partial charge is 0.416 e. The Kier molecular flexibility index (Phi) is 5.94. The first-order chi connectivity index (χ1) is 11.8. The lowest BCUT2D eigenvalue weighted by Gasteiger charge is -2.09. The van der Waals surface area contributed by atoms with Gasteiger partial charge < -0.3 is 10.1 Å². The molecule has 0 bridgehead atoms. The van der Waals surface area contributed by atoms with E-state index in [4.69, 9.17) is 4.74 Å². The molecule has 0 saturated carbocycles. The molecule has 0 fully saturated rings. The summed E-state index contributed by atoms with van der Waals surface area (Å²) in [5.41, 5.74) is -0.128. The Balaban J connectivity index is 1.84. The number of alkyl halides is 3. The van der Waals surface area contributed by atoms with Crippen molar-refractivity contribution in [3.05, 3.63) is 71.8 Å². The van der Waals surface area contributed by atoms with Crippen LogP contribution in [-0.4, -0.2) is 18.5 Å². The highest BCUT2D eigenvalue weighted by Crippen LogP contribution is 2.30. The number of nitrogens with one attached hydrogen (secondary N) is 1. The maximum absolute atomic E-state index is 12.6. The van der Waals surface area contributed by atoms with Gasteiger partial charge in [0.15, 0.2) is 6.61 Å². The molecule has 2 aromatic carbocycles. The predicted molar refractivity (Wildman–Crippen MR) is 86.5 cm³/mol. The molecular formula is C18H14F3NO3. The second-order valence-electron chi connectivity index (χ2n) is 4.98. The van der Waals surface area contributed by atoms with E-state index in [9.17, 15) is 22.8 Å². The summed E-state index contributed by atoms with van der Waals surface area (Å²) in [6.45, 7) is -0.603. The van der Waals surface area contributed by atoms with Crippen LogP contribution in [0.4, 0.5) is 18.9 Å². The van der Waals surface area contributed by atoms with E-state index in [2.05, 4.69) is 5.32 Å². The van der Waals surface area contributed by atoms with E-state index >= 15 is 0 Å². The SMILES string of the molecule is O=C(COC(=O)C=Cc1ccccc1)Nc1cccc(C(F)(F)F)c1. The fraction of sp³-hybridized carbons (Fsp3) is 0.111. The molecule has 0 aliphatic carbocycles. The van der Waals surface area contributed by atoms with Crippen molar-refractivity contribution in [3.63, 3.8) is 0 Å². The van der Waals surface area contributed by atoms with Gasteiger partial charge in [-0.15, -0.1) is 0 Å². The average Bonchev–Trinajstić information content (AvgIpc) is 2.58. The molecule has 0 radical (unpaired) electrons.